The van der Waals surface area contributed by atoms with E-state index in [-0.39, 0.29) is 17.2 Å². The van der Waals surface area contributed by atoms with Crippen molar-refractivity contribution in [2.45, 2.75) is 18.6 Å². The molecule has 0 fully saturated rings. The van der Waals surface area contributed by atoms with Crippen LogP contribution >= 0.6 is 11.8 Å². The number of carbonyl (C=O) groups is 1. The van der Waals surface area contributed by atoms with E-state index in [4.69, 9.17) is 0 Å². The van der Waals surface area contributed by atoms with Gasteiger partial charge in [-0.05, 0) is 24.6 Å². The number of nitrogens with zero attached hydrogens (tertiary/aromatic N) is 6. The number of nitrogens with one attached hydrogen (secondary N) is 1. The van der Waals surface area contributed by atoms with E-state index in [1.165, 1.54) is 11.8 Å². The molecule has 0 radical (unpaired) electrons. The summed E-state index contributed by atoms with van der Waals surface area (Å²) in [5.41, 5.74) is 2.39. The van der Waals surface area contributed by atoms with Crippen molar-refractivity contribution in [3.05, 3.63) is 82.3 Å². The number of fused-ring (bicyclic) bond motifs is 3. The van der Waals surface area contributed by atoms with Crippen LogP contribution in [-0.4, -0.2) is 40.6 Å². The average Bonchev–Trinajstić information content (AvgIpc) is 3.38. The second kappa shape index (κ2) is 8.55. The Morgan fingerprint density at radius 1 is 1.06 bits per heavy atom. The fourth-order valence-corrected chi connectivity index (χ4v) is 4.51. The third-order valence-corrected chi connectivity index (χ3v) is 6.19. The van der Waals surface area contributed by atoms with Crippen molar-refractivity contribution < 1.29 is 4.79 Å². The first-order chi connectivity index (χ1) is 16.0. The van der Waals surface area contributed by atoms with E-state index in [9.17, 15) is 9.59 Å². The quantitative estimate of drug-likeness (QED) is 0.392. The fraction of sp³-hybridized carbons (Fsp3) is 0.174. The van der Waals surface area contributed by atoms with Gasteiger partial charge < -0.3 is 5.32 Å². The summed E-state index contributed by atoms with van der Waals surface area (Å²) in [6.45, 7) is 2.24. The minimum absolute atomic E-state index is 0.129. The van der Waals surface area contributed by atoms with Crippen LogP contribution in [0.3, 0.4) is 0 Å². The molecule has 10 heteroatoms. The van der Waals surface area contributed by atoms with E-state index in [1.54, 1.807) is 22.4 Å². The van der Waals surface area contributed by atoms with Gasteiger partial charge in [0.15, 0.2) is 5.16 Å². The third kappa shape index (κ3) is 4.00. The van der Waals surface area contributed by atoms with Gasteiger partial charge in [-0.2, -0.15) is 5.10 Å². The molecular weight excluding hydrogens is 438 g/mol. The number of hydrogen-bond acceptors (Lipinski definition) is 6. The van der Waals surface area contributed by atoms with Crippen molar-refractivity contribution in [1.82, 2.24) is 28.9 Å². The Labute approximate surface area is 193 Å². The van der Waals surface area contributed by atoms with Crippen LogP contribution in [-0.2, 0) is 18.4 Å². The highest BCUT2D eigenvalue weighted by atomic mass is 32.2. The van der Waals surface area contributed by atoms with E-state index in [1.807, 2.05) is 65.9 Å². The number of aromatic nitrogens is 6. The molecule has 1 amide bonds. The van der Waals surface area contributed by atoms with Crippen LogP contribution in [0, 0.1) is 6.92 Å². The Bertz CT molecular complexity index is 1540. The normalized spacial score (nSPS) is 11.3. The van der Waals surface area contributed by atoms with Gasteiger partial charge in [-0.15, -0.1) is 10.2 Å². The van der Waals surface area contributed by atoms with Crippen LogP contribution in [0.4, 0.5) is 5.82 Å². The smallest absolute Gasteiger partial charge is 0.263 e. The number of anilines is 1. The molecule has 0 saturated carbocycles. The summed E-state index contributed by atoms with van der Waals surface area (Å²) in [7, 11) is 1.78. The zero-order valence-electron chi connectivity index (χ0n) is 18.1. The second-order valence-electron chi connectivity index (χ2n) is 7.64. The number of aryl methyl sites for hydroxylation is 2. The number of thioether (sulfide) groups is 1. The van der Waals surface area contributed by atoms with Crippen LogP contribution in [0.15, 0.2) is 70.6 Å². The second-order valence-corrected chi connectivity index (χ2v) is 8.59. The van der Waals surface area contributed by atoms with Crippen LogP contribution < -0.4 is 10.9 Å². The number of hydrogen-bond donors (Lipinski definition) is 1. The molecule has 0 spiro atoms. The van der Waals surface area contributed by atoms with Crippen molar-refractivity contribution >= 4 is 40.2 Å². The summed E-state index contributed by atoms with van der Waals surface area (Å²) in [5.74, 6) is 1.03. The predicted octanol–water partition coefficient (Wildman–Crippen LogP) is 2.87. The average molecular weight is 460 g/mol. The lowest BCUT2D eigenvalue weighted by Crippen LogP contribution is -2.24. The Balaban J connectivity index is 1.50. The lowest BCUT2D eigenvalue weighted by atomic mass is 10.2. The van der Waals surface area contributed by atoms with Crippen molar-refractivity contribution in [3.63, 3.8) is 0 Å². The third-order valence-electron chi connectivity index (χ3n) is 5.26. The number of rotatable bonds is 6. The Morgan fingerprint density at radius 2 is 1.82 bits per heavy atom. The van der Waals surface area contributed by atoms with Crippen molar-refractivity contribution in [2.75, 3.05) is 11.1 Å². The largest absolute Gasteiger partial charge is 0.310 e. The number of benzene rings is 2. The molecule has 5 rings (SSSR count). The van der Waals surface area contributed by atoms with Crippen LogP contribution in [0.1, 0.15) is 11.3 Å². The molecule has 0 saturated heterocycles. The Morgan fingerprint density at radius 3 is 2.58 bits per heavy atom. The first-order valence-electron chi connectivity index (χ1n) is 10.3. The number of amides is 1. The molecule has 0 aliphatic carbocycles. The van der Waals surface area contributed by atoms with Crippen molar-refractivity contribution in [2.24, 2.45) is 7.05 Å². The Hall–Kier alpha value is -3.92. The lowest BCUT2D eigenvalue weighted by molar-refractivity contribution is -0.113. The summed E-state index contributed by atoms with van der Waals surface area (Å²) in [6, 6.07) is 18.9. The van der Waals surface area contributed by atoms with Crippen LogP contribution in [0.25, 0.3) is 16.7 Å². The van der Waals surface area contributed by atoms with E-state index >= 15 is 0 Å². The number of para-hydroxylation sites is 1. The minimum atomic E-state index is -0.179. The molecular formula is C23H21N7O2S. The van der Waals surface area contributed by atoms with Gasteiger partial charge in [0.1, 0.15) is 5.82 Å². The minimum Gasteiger partial charge on any atom is -0.310 e. The molecule has 3 aromatic heterocycles. The summed E-state index contributed by atoms with van der Waals surface area (Å²) < 4.78 is 5.08. The zero-order chi connectivity index (χ0) is 22.9. The van der Waals surface area contributed by atoms with E-state index < -0.39 is 0 Å². The monoisotopic (exact) mass is 459 g/mol. The molecule has 0 aliphatic heterocycles. The molecule has 3 heterocycles. The summed E-state index contributed by atoms with van der Waals surface area (Å²) in [6.07, 6.45) is 0. The maximum Gasteiger partial charge on any atom is 0.263 e. The van der Waals surface area contributed by atoms with Crippen LogP contribution in [0.5, 0.6) is 0 Å². The highest BCUT2D eigenvalue weighted by Gasteiger charge is 2.18. The molecule has 0 bridgehead atoms. The van der Waals surface area contributed by atoms with Gasteiger partial charge in [-0.3, -0.25) is 23.2 Å². The fourth-order valence-electron chi connectivity index (χ4n) is 3.77. The van der Waals surface area contributed by atoms with Gasteiger partial charge in [0, 0.05) is 13.1 Å². The molecule has 0 aliphatic rings. The summed E-state index contributed by atoms with van der Waals surface area (Å²) in [4.78, 5) is 25.8. The molecule has 166 valence electrons. The van der Waals surface area contributed by atoms with Crippen molar-refractivity contribution in [1.29, 1.82) is 0 Å². The molecule has 33 heavy (non-hydrogen) atoms. The lowest BCUT2D eigenvalue weighted by Gasteiger charge is -2.11. The zero-order valence-corrected chi connectivity index (χ0v) is 18.9. The molecule has 2 aromatic carbocycles. The highest BCUT2D eigenvalue weighted by Crippen LogP contribution is 2.22. The molecule has 5 aromatic rings. The van der Waals surface area contributed by atoms with Gasteiger partial charge in [-0.25, -0.2) is 0 Å². The van der Waals surface area contributed by atoms with Gasteiger partial charge >= 0.3 is 0 Å². The van der Waals surface area contributed by atoms with E-state index in [2.05, 4.69) is 20.6 Å². The van der Waals surface area contributed by atoms with Crippen molar-refractivity contribution in [3.8, 4) is 0 Å². The van der Waals surface area contributed by atoms with E-state index in [0.717, 1.165) is 11.3 Å². The number of carbonyl (C=O) groups excluding carboxylic acids is 1. The maximum atomic E-state index is 13.3. The van der Waals surface area contributed by atoms with Crippen LogP contribution in [0.2, 0.25) is 0 Å². The Kier molecular flexibility index (Phi) is 5.43. The first kappa shape index (κ1) is 21.0. The first-order valence-corrected chi connectivity index (χ1v) is 11.3. The molecule has 1 N–H and O–H groups in total. The summed E-state index contributed by atoms with van der Waals surface area (Å²) in [5, 5.41) is 16.8. The van der Waals surface area contributed by atoms with Gasteiger partial charge in [-0.1, -0.05) is 54.2 Å². The van der Waals surface area contributed by atoms with Gasteiger partial charge in [0.25, 0.3) is 5.56 Å². The molecule has 9 nitrogen and oxygen atoms in total. The summed E-state index contributed by atoms with van der Waals surface area (Å²) >= 11 is 1.26. The SMILES string of the molecule is Cc1cc(NC(=O)CSc2nnc3n(Cc4ccccc4)c(=O)c4ccccc4n23)n(C)n1. The predicted molar refractivity (Wildman–Crippen MR) is 128 cm³/mol. The molecule has 0 atom stereocenters. The highest BCUT2D eigenvalue weighted by molar-refractivity contribution is 7.99. The standard InChI is InChI=1S/C23H21N7O2S/c1-15-12-19(28(2)27-15)24-20(31)14-33-23-26-25-22-29(13-16-8-4-3-5-9-16)21(32)17-10-6-7-11-18(17)30(22)23/h3-12H,13-14H2,1-2H3,(H,24,31). The van der Waals surface area contributed by atoms with Gasteiger partial charge in [0.05, 0.1) is 28.9 Å². The molecule has 0 unspecified atom stereocenters. The maximum absolute atomic E-state index is 13.3. The van der Waals surface area contributed by atoms with E-state index in [0.29, 0.717) is 34.2 Å². The van der Waals surface area contributed by atoms with Gasteiger partial charge in [0.2, 0.25) is 11.7 Å². The topological polar surface area (TPSA) is 99.1 Å².